The molecule has 17 heavy (non-hydrogen) atoms. The topological polar surface area (TPSA) is 64.3 Å². The van der Waals surface area contributed by atoms with Gasteiger partial charge in [0.2, 0.25) is 5.91 Å². The SMILES string of the molecule is NC1C2CCOC2C1NC(=O)CC1CCCC1. The molecule has 2 aliphatic carbocycles. The molecule has 0 aromatic rings. The molecule has 0 aromatic carbocycles. The van der Waals surface area contributed by atoms with Crippen LogP contribution >= 0.6 is 0 Å². The average molecular weight is 238 g/mol. The summed E-state index contributed by atoms with van der Waals surface area (Å²) in [4.78, 5) is 11.9. The van der Waals surface area contributed by atoms with Crippen LogP contribution in [0.25, 0.3) is 0 Å². The van der Waals surface area contributed by atoms with E-state index in [2.05, 4.69) is 5.32 Å². The third-order valence-electron chi connectivity index (χ3n) is 4.72. The van der Waals surface area contributed by atoms with Crippen molar-refractivity contribution in [1.82, 2.24) is 5.32 Å². The lowest BCUT2D eigenvalue weighted by Gasteiger charge is -2.45. The Hall–Kier alpha value is -0.610. The Kier molecular flexibility index (Phi) is 3.09. The quantitative estimate of drug-likeness (QED) is 0.764. The second-order valence-corrected chi connectivity index (χ2v) is 5.81. The Balaban J connectivity index is 1.48. The van der Waals surface area contributed by atoms with Crippen LogP contribution in [0.3, 0.4) is 0 Å². The predicted molar refractivity (Wildman–Crippen MR) is 64.3 cm³/mol. The molecular formula is C13H22N2O2. The number of amides is 1. The van der Waals surface area contributed by atoms with Gasteiger partial charge in [-0.3, -0.25) is 4.79 Å². The van der Waals surface area contributed by atoms with E-state index in [1.807, 2.05) is 0 Å². The van der Waals surface area contributed by atoms with Crippen molar-refractivity contribution in [3.8, 4) is 0 Å². The van der Waals surface area contributed by atoms with Crippen molar-refractivity contribution in [3.63, 3.8) is 0 Å². The van der Waals surface area contributed by atoms with Gasteiger partial charge in [0, 0.05) is 25.0 Å². The van der Waals surface area contributed by atoms with Gasteiger partial charge in [0.1, 0.15) is 0 Å². The molecule has 4 unspecified atom stereocenters. The lowest BCUT2D eigenvalue weighted by molar-refractivity contribution is -0.126. The molecule has 3 fully saturated rings. The molecule has 3 aliphatic rings. The summed E-state index contributed by atoms with van der Waals surface area (Å²) < 4.78 is 5.61. The van der Waals surface area contributed by atoms with Crippen LogP contribution < -0.4 is 11.1 Å². The van der Waals surface area contributed by atoms with Crippen LogP contribution in [0.4, 0.5) is 0 Å². The molecule has 3 rings (SSSR count). The monoisotopic (exact) mass is 238 g/mol. The predicted octanol–water partition coefficient (Wildman–Crippen LogP) is 0.797. The van der Waals surface area contributed by atoms with Crippen LogP contribution in [0.15, 0.2) is 0 Å². The maximum Gasteiger partial charge on any atom is 0.220 e. The summed E-state index contributed by atoms with van der Waals surface area (Å²) in [6.45, 7) is 0.804. The van der Waals surface area contributed by atoms with E-state index in [4.69, 9.17) is 10.5 Å². The number of hydrogen-bond donors (Lipinski definition) is 2. The minimum atomic E-state index is 0.0661. The minimum absolute atomic E-state index is 0.0661. The highest BCUT2D eigenvalue weighted by Crippen LogP contribution is 2.38. The van der Waals surface area contributed by atoms with Crippen molar-refractivity contribution in [2.45, 2.75) is 56.7 Å². The standard InChI is InChI=1S/C13H22N2O2/c14-11-9-5-6-17-13(9)12(11)15-10(16)7-8-3-1-2-4-8/h8-9,11-13H,1-7,14H2,(H,15,16). The van der Waals surface area contributed by atoms with Gasteiger partial charge in [-0.2, -0.15) is 0 Å². The van der Waals surface area contributed by atoms with Crippen molar-refractivity contribution in [3.05, 3.63) is 0 Å². The Morgan fingerprint density at radius 1 is 1.29 bits per heavy atom. The highest BCUT2D eigenvalue weighted by molar-refractivity contribution is 5.77. The van der Waals surface area contributed by atoms with Crippen molar-refractivity contribution < 1.29 is 9.53 Å². The van der Waals surface area contributed by atoms with Crippen LogP contribution in [0.5, 0.6) is 0 Å². The van der Waals surface area contributed by atoms with E-state index in [0.717, 1.165) is 13.0 Å². The average Bonchev–Trinajstić information content (AvgIpc) is 2.94. The van der Waals surface area contributed by atoms with Gasteiger partial charge in [-0.25, -0.2) is 0 Å². The number of carbonyl (C=O) groups excluding carboxylic acids is 1. The molecule has 0 spiro atoms. The van der Waals surface area contributed by atoms with Crippen LogP contribution in [0.2, 0.25) is 0 Å². The summed E-state index contributed by atoms with van der Waals surface area (Å²) in [5.41, 5.74) is 6.07. The number of rotatable bonds is 3. The van der Waals surface area contributed by atoms with Crippen molar-refractivity contribution in [1.29, 1.82) is 0 Å². The molecule has 3 N–H and O–H groups in total. The van der Waals surface area contributed by atoms with E-state index in [0.29, 0.717) is 18.3 Å². The summed E-state index contributed by atoms with van der Waals surface area (Å²) in [7, 11) is 0. The highest BCUT2D eigenvalue weighted by atomic mass is 16.5. The number of hydrogen-bond acceptors (Lipinski definition) is 3. The van der Waals surface area contributed by atoms with Gasteiger partial charge in [-0.1, -0.05) is 12.8 Å². The molecule has 4 nitrogen and oxygen atoms in total. The van der Waals surface area contributed by atoms with Gasteiger partial charge in [-0.05, 0) is 25.2 Å². The van der Waals surface area contributed by atoms with Crippen LogP contribution in [0.1, 0.15) is 38.5 Å². The van der Waals surface area contributed by atoms with E-state index in [-0.39, 0.29) is 24.1 Å². The first-order valence-electron chi connectivity index (χ1n) is 6.92. The summed E-state index contributed by atoms with van der Waals surface area (Å²) in [6, 6.07) is 0.173. The van der Waals surface area contributed by atoms with Crippen LogP contribution in [0, 0.1) is 11.8 Å². The van der Waals surface area contributed by atoms with Crippen molar-refractivity contribution in [2.75, 3.05) is 6.61 Å². The van der Waals surface area contributed by atoms with Gasteiger partial charge >= 0.3 is 0 Å². The summed E-state index contributed by atoms with van der Waals surface area (Å²) >= 11 is 0. The second kappa shape index (κ2) is 4.58. The molecule has 1 saturated heterocycles. The molecule has 2 saturated carbocycles. The summed E-state index contributed by atoms with van der Waals surface area (Å²) in [5, 5.41) is 3.08. The zero-order chi connectivity index (χ0) is 11.8. The largest absolute Gasteiger partial charge is 0.376 e. The van der Waals surface area contributed by atoms with Crippen molar-refractivity contribution in [2.24, 2.45) is 17.6 Å². The molecule has 0 aromatic heterocycles. The Morgan fingerprint density at radius 3 is 2.82 bits per heavy atom. The molecule has 1 aliphatic heterocycles. The fourth-order valence-electron chi connectivity index (χ4n) is 3.65. The van der Waals surface area contributed by atoms with E-state index < -0.39 is 0 Å². The van der Waals surface area contributed by atoms with E-state index >= 15 is 0 Å². The van der Waals surface area contributed by atoms with E-state index in [1.54, 1.807) is 0 Å². The van der Waals surface area contributed by atoms with Crippen LogP contribution in [-0.4, -0.2) is 30.7 Å². The molecule has 1 amide bonds. The normalized spacial score (nSPS) is 41.0. The first kappa shape index (κ1) is 11.5. The van der Waals surface area contributed by atoms with Gasteiger partial charge in [0.15, 0.2) is 0 Å². The lowest BCUT2D eigenvalue weighted by Crippen LogP contribution is -2.69. The Morgan fingerprint density at radius 2 is 2.06 bits per heavy atom. The van der Waals surface area contributed by atoms with Crippen LogP contribution in [-0.2, 0) is 9.53 Å². The van der Waals surface area contributed by atoms with Gasteiger partial charge in [0.05, 0.1) is 12.1 Å². The minimum Gasteiger partial charge on any atom is -0.376 e. The first-order valence-corrected chi connectivity index (χ1v) is 6.92. The third kappa shape index (κ3) is 2.08. The molecule has 4 atom stereocenters. The van der Waals surface area contributed by atoms with Gasteiger partial charge in [-0.15, -0.1) is 0 Å². The fourth-order valence-corrected chi connectivity index (χ4v) is 3.65. The Bertz CT molecular complexity index is 302. The molecular weight excluding hydrogens is 216 g/mol. The fraction of sp³-hybridized carbons (Fsp3) is 0.923. The number of carbonyl (C=O) groups is 1. The number of ether oxygens (including phenoxy) is 1. The molecule has 0 bridgehead atoms. The lowest BCUT2D eigenvalue weighted by atomic mass is 9.72. The van der Waals surface area contributed by atoms with Crippen molar-refractivity contribution >= 4 is 5.91 Å². The Labute approximate surface area is 102 Å². The summed E-state index contributed by atoms with van der Waals surface area (Å²) in [5.74, 6) is 1.25. The summed E-state index contributed by atoms with van der Waals surface area (Å²) in [6.07, 6.45) is 6.93. The molecule has 1 heterocycles. The number of nitrogens with two attached hydrogens (primary N) is 1. The molecule has 0 radical (unpaired) electrons. The first-order chi connectivity index (χ1) is 8.25. The molecule has 96 valence electrons. The maximum absolute atomic E-state index is 11.9. The zero-order valence-corrected chi connectivity index (χ0v) is 10.2. The maximum atomic E-state index is 11.9. The van der Waals surface area contributed by atoms with E-state index in [1.165, 1.54) is 25.7 Å². The highest BCUT2D eigenvalue weighted by Gasteiger charge is 2.52. The third-order valence-corrected chi connectivity index (χ3v) is 4.72. The molecule has 4 heteroatoms. The zero-order valence-electron chi connectivity index (χ0n) is 10.2. The number of nitrogens with one attached hydrogen (secondary N) is 1. The number of fused-ring (bicyclic) bond motifs is 1. The van der Waals surface area contributed by atoms with E-state index in [9.17, 15) is 4.79 Å². The van der Waals surface area contributed by atoms with Gasteiger partial charge < -0.3 is 15.8 Å². The van der Waals surface area contributed by atoms with Gasteiger partial charge in [0.25, 0.3) is 0 Å². The smallest absolute Gasteiger partial charge is 0.220 e. The second-order valence-electron chi connectivity index (χ2n) is 5.81.